The summed E-state index contributed by atoms with van der Waals surface area (Å²) in [6.07, 6.45) is 0. The standard InChI is InChI=1S/C16H12N2O2S3.2C2H6/c1-7-3-5-9(21-7)11-13-14(18-23-17-13)12(16(20)15(11)19)10-6-4-8(2)22-10;2*1-2/h3-6,19-20H,1-2H3;2*1-2H3. The van der Waals surface area contributed by atoms with Crippen LogP contribution in [-0.4, -0.2) is 19.0 Å². The van der Waals surface area contributed by atoms with Gasteiger partial charge in [-0.25, -0.2) is 0 Å². The van der Waals surface area contributed by atoms with E-state index in [1.807, 2.05) is 65.8 Å². The number of fused-ring (bicyclic) bond motifs is 1. The lowest BCUT2D eigenvalue weighted by molar-refractivity contribution is 0.407. The van der Waals surface area contributed by atoms with Gasteiger partial charge in [0.25, 0.3) is 0 Å². The molecule has 0 aliphatic heterocycles. The fourth-order valence-corrected chi connectivity index (χ4v) is 4.97. The monoisotopic (exact) mass is 420 g/mol. The van der Waals surface area contributed by atoms with E-state index in [-0.39, 0.29) is 11.5 Å². The molecule has 0 saturated carbocycles. The van der Waals surface area contributed by atoms with E-state index in [1.54, 1.807) is 22.7 Å². The Kier molecular flexibility index (Phi) is 7.35. The minimum absolute atomic E-state index is 0.131. The minimum atomic E-state index is -0.131. The number of rotatable bonds is 2. The molecule has 4 rings (SSSR count). The van der Waals surface area contributed by atoms with Gasteiger partial charge in [0, 0.05) is 19.5 Å². The first-order chi connectivity index (χ1) is 13.1. The van der Waals surface area contributed by atoms with E-state index in [1.165, 1.54) is 0 Å². The number of aryl methyl sites for hydroxylation is 2. The number of aromatic hydroxyl groups is 2. The number of nitrogens with zero attached hydrogens (tertiary/aromatic N) is 2. The molecule has 4 aromatic rings. The Morgan fingerprint density at radius 2 is 1.04 bits per heavy atom. The van der Waals surface area contributed by atoms with Crippen LogP contribution in [0.25, 0.3) is 31.9 Å². The molecule has 4 nitrogen and oxygen atoms in total. The molecular formula is C20H24N2O2S3. The smallest absolute Gasteiger partial charge is 0.169 e. The van der Waals surface area contributed by atoms with Crippen LogP contribution in [-0.2, 0) is 0 Å². The highest BCUT2D eigenvalue weighted by atomic mass is 32.1. The second kappa shape index (κ2) is 9.30. The van der Waals surface area contributed by atoms with Crippen LogP contribution in [0.4, 0.5) is 0 Å². The number of thiophene rings is 2. The first-order valence-electron chi connectivity index (χ1n) is 8.90. The van der Waals surface area contributed by atoms with Gasteiger partial charge >= 0.3 is 0 Å². The topological polar surface area (TPSA) is 66.2 Å². The Morgan fingerprint density at radius 1 is 0.667 bits per heavy atom. The molecule has 0 aliphatic rings. The van der Waals surface area contributed by atoms with E-state index in [9.17, 15) is 10.2 Å². The minimum Gasteiger partial charge on any atom is -0.504 e. The number of aromatic nitrogens is 2. The lowest BCUT2D eigenvalue weighted by Gasteiger charge is -2.10. The maximum Gasteiger partial charge on any atom is 0.169 e. The van der Waals surface area contributed by atoms with Crippen LogP contribution < -0.4 is 0 Å². The number of phenols is 2. The van der Waals surface area contributed by atoms with Gasteiger partial charge in [-0.3, -0.25) is 0 Å². The van der Waals surface area contributed by atoms with Gasteiger partial charge in [-0.05, 0) is 38.1 Å². The lowest BCUT2D eigenvalue weighted by Crippen LogP contribution is -1.86. The molecular weight excluding hydrogens is 396 g/mol. The van der Waals surface area contributed by atoms with Crippen molar-refractivity contribution in [3.63, 3.8) is 0 Å². The molecule has 7 heteroatoms. The molecule has 0 atom stereocenters. The summed E-state index contributed by atoms with van der Waals surface area (Å²) < 4.78 is 8.74. The number of hydrogen-bond acceptors (Lipinski definition) is 7. The number of phenolic OH excluding ortho intramolecular Hbond substituents is 2. The summed E-state index contributed by atoms with van der Waals surface area (Å²) >= 11 is 4.20. The molecule has 1 aromatic carbocycles. The quantitative estimate of drug-likeness (QED) is 0.336. The fraction of sp³-hybridized carbons (Fsp3) is 0.300. The lowest BCUT2D eigenvalue weighted by atomic mass is 10.0. The van der Waals surface area contributed by atoms with Crippen LogP contribution in [0.1, 0.15) is 37.4 Å². The maximum absolute atomic E-state index is 10.6. The van der Waals surface area contributed by atoms with Gasteiger partial charge in [-0.15, -0.1) is 22.7 Å². The molecule has 27 heavy (non-hydrogen) atoms. The highest BCUT2D eigenvalue weighted by Gasteiger charge is 2.25. The Balaban J connectivity index is 0.000000614. The Morgan fingerprint density at radius 3 is 1.33 bits per heavy atom. The predicted octanol–water partition coefficient (Wildman–Crippen LogP) is 7.23. The van der Waals surface area contributed by atoms with Crippen LogP contribution in [0.2, 0.25) is 0 Å². The van der Waals surface area contributed by atoms with E-state index >= 15 is 0 Å². The zero-order valence-electron chi connectivity index (χ0n) is 16.3. The zero-order valence-corrected chi connectivity index (χ0v) is 18.8. The third-order valence-corrected chi connectivity index (χ3v) is 6.20. The number of benzene rings is 1. The molecule has 0 aliphatic carbocycles. The van der Waals surface area contributed by atoms with Crippen molar-refractivity contribution in [3.05, 3.63) is 34.0 Å². The van der Waals surface area contributed by atoms with Crippen molar-refractivity contribution in [2.24, 2.45) is 0 Å². The molecule has 3 aromatic heterocycles. The van der Waals surface area contributed by atoms with Gasteiger partial charge < -0.3 is 10.2 Å². The third kappa shape index (κ3) is 4.00. The van der Waals surface area contributed by atoms with Crippen molar-refractivity contribution < 1.29 is 10.2 Å². The first kappa shape index (κ1) is 21.3. The molecule has 2 N–H and O–H groups in total. The highest BCUT2D eigenvalue weighted by Crippen LogP contribution is 2.51. The van der Waals surface area contributed by atoms with Crippen LogP contribution in [0.15, 0.2) is 24.3 Å². The summed E-state index contributed by atoms with van der Waals surface area (Å²) in [6, 6.07) is 7.84. The van der Waals surface area contributed by atoms with E-state index in [2.05, 4.69) is 8.75 Å². The van der Waals surface area contributed by atoms with Crippen molar-refractivity contribution in [3.8, 4) is 32.4 Å². The Bertz CT molecular complexity index is 951. The second-order valence-corrected chi connectivity index (χ2v) is 8.33. The molecule has 0 bridgehead atoms. The summed E-state index contributed by atoms with van der Waals surface area (Å²) in [5.74, 6) is -0.263. The average molecular weight is 421 g/mol. The molecule has 144 valence electrons. The maximum atomic E-state index is 10.6. The van der Waals surface area contributed by atoms with Crippen molar-refractivity contribution in [2.45, 2.75) is 41.5 Å². The largest absolute Gasteiger partial charge is 0.504 e. The second-order valence-electron chi connectivity index (χ2n) is 5.23. The summed E-state index contributed by atoms with van der Waals surface area (Å²) in [5, 5.41) is 21.2. The molecule has 0 unspecified atom stereocenters. The number of hydrogen-bond donors (Lipinski definition) is 2. The Labute approximate surface area is 172 Å². The van der Waals surface area contributed by atoms with Crippen molar-refractivity contribution in [1.29, 1.82) is 0 Å². The Hall–Kier alpha value is -1.96. The molecule has 3 heterocycles. The fourth-order valence-electron chi connectivity index (χ4n) is 2.58. The first-order valence-corrected chi connectivity index (χ1v) is 11.3. The molecule has 0 saturated heterocycles. The molecule has 0 radical (unpaired) electrons. The molecule has 0 amide bonds. The zero-order chi connectivity index (χ0) is 20.1. The van der Waals surface area contributed by atoms with Crippen molar-refractivity contribution >= 4 is 45.4 Å². The summed E-state index contributed by atoms with van der Waals surface area (Å²) in [5.41, 5.74) is 2.38. The van der Waals surface area contributed by atoms with Gasteiger partial charge in [0.15, 0.2) is 11.5 Å². The normalized spacial score (nSPS) is 10.1. The van der Waals surface area contributed by atoms with Gasteiger partial charge in [-0.2, -0.15) is 8.75 Å². The summed E-state index contributed by atoms with van der Waals surface area (Å²) in [6.45, 7) is 12.0. The van der Waals surface area contributed by atoms with E-state index < -0.39 is 0 Å². The van der Waals surface area contributed by atoms with Crippen LogP contribution in [0.3, 0.4) is 0 Å². The predicted molar refractivity (Wildman–Crippen MR) is 120 cm³/mol. The van der Waals surface area contributed by atoms with Crippen LogP contribution >= 0.6 is 34.4 Å². The van der Waals surface area contributed by atoms with E-state index in [4.69, 9.17) is 0 Å². The van der Waals surface area contributed by atoms with Crippen LogP contribution in [0.5, 0.6) is 11.5 Å². The van der Waals surface area contributed by atoms with E-state index in [0.29, 0.717) is 22.2 Å². The third-order valence-electron chi connectivity index (χ3n) is 3.63. The SMILES string of the molecule is CC.CC.Cc1ccc(-c2c(O)c(O)c(-c3ccc(C)s3)c3nsnc23)s1. The molecule has 0 spiro atoms. The van der Waals surface area contributed by atoms with E-state index in [0.717, 1.165) is 31.2 Å². The van der Waals surface area contributed by atoms with Crippen molar-refractivity contribution in [1.82, 2.24) is 8.75 Å². The van der Waals surface area contributed by atoms with Crippen LogP contribution in [0, 0.1) is 13.8 Å². The van der Waals surface area contributed by atoms with Gasteiger partial charge in [-0.1, -0.05) is 27.7 Å². The van der Waals surface area contributed by atoms with Crippen molar-refractivity contribution in [2.75, 3.05) is 0 Å². The van der Waals surface area contributed by atoms with Gasteiger partial charge in [0.1, 0.15) is 11.0 Å². The van der Waals surface area contributed by atoms with Gasteiger partial charge in [0.05, 0.1) is 22.9 Å². The highest BCUT2D eigenvalue weighted by molar-refractivity contribution is 7.16. The average Bonchev–Trinajstić information content (AvgIpc) is 3.42. The summed E-state index contributed by atoms with van der Waals surface area (Å²) in [4.78, 5) is 4.02. The molecule has 0 fully saturated rings. The summed E-state index contributed by atoms with van der Waals surface area (Å²) in [7, 11) is 0. The van der Waals surface area contributed by atoms with Gasteiger partial charge in [0.2, 0.25) is 0 Å².